The number of anilines is 2. The molecule has 2 heterocycles. The standard InChI is InChI=1S/C20H31N3O/c1-2-20(24)23-14-10-17(11-15-23)21-18-8-7-9-19(16-18)22-12-5-3-4-6-13-22/h7-9,16-17,21H,2-6,10-15H2,1H3. The predicted octanol–water partition coefficient (Wildman–Crippen LogP) is 3.88. The average Bonchev–Trinajstić information content (AvgIpc) is 2.91. The lowest BCUT2D eigenvalue weighted by molar-refractivity contribution is -0.131. The van der Waals surface area contributed by atoms with Crippen molar-refractivity contribution in [2.75, 3.05) is 36.4 Å². The predicted molar refractivity (Wildman–Crippen MR) is 101 cm³/mol. The second kappa shape index (κ2) is 8.41. The summed E-state index contributed by atoms with van der Waals surface area (Å²) in [7, 11) is 0. The van der Waals surface area contributed by atoms with Crippen molar-refractivity contribution in [2.45, 2.75) is 57.9 Å². The Morgan fingerprint density at radius 3 is 2.46 bits per heavy atom. The Hall–Kier alpha value is -1.71. The number of benzene rings is 1. The molecule has 1 amide bonds. The molecular formula is C20H31N3O. The van der Waals surface area contributed by atoms with E-state index in [1.165, 1.54) is 50.1 Å². The minimum Gasteiger partial charge on any atom is -0.382 e. The molecule has 0 aromatic heterocycles. The normalized spacial score (nSPS) is 19.9. The minimum atomic E-state index is 0.289. The van der Waals surface area contributed by atoms with Crippen LogP contribution in [0.3, 0.4) is 0 Å². The Kier molecular flexibility index (Phi) is 6.00. The maximum absolute atomic E-state index is 11.8. The van der Waals surface area contributed by atoms with Gasteiger partial charge in [-0.25, -0.2) is 0 Å². The summed E-state index contributed by atoms with van der Waals surface area (Å²) in [5.41, 5.74) is 2.57. The number of rotatable bonds is 4. The van der Waals surface area contributed by atoms with Crippen LogP contribution in [0.25, 0.3) is 0 Å². The molecule has 2 saturated heterocycles. The SMILES string of the molecule is CCC(=O)N1CCC(Nc2cccc(N3CCCCCC3)c2)CC1. The van der Waals surface area contributed by atoms with Crippen molar-refractivity contribution in [3.63, 3.8) is 0 Å². The molecule has 1 aromatic rings. The van der Waals surface area contributed by atoms with Gasteiger partial charge in [-0.1, -0.05) is 25.8 Å². The number of carbonyl (C=O) groups excluding carboxylic acids is 1. The number of carbonyl (C=O) groups is 1. The highest BCUT2D eigenvalue weighted by Crippen LogP contribution is 2.24. The van der Waals surface area contributed by atoms with Gasteiger partial charge in [0.1, 0.15) is 0 Å². The first-order valence-electron chi connectivity index (χ1n) is 9.65. The fourth-order valence-electron chi connectivity index (χ4n) is 3.85. The molecule has 2 aliphatic heterocycles. The Morgan fingerprint density at radius 2 is 1.79 bits per heavy atom. The first-order chi connectivity index (χ1) is 11.8. The van der Waals surface area contributed by atoms with Gasteiger partial charge in [0.2, 0.25) is 5.91 Å². The van der Waals surface area contributed by atoms with Gasteiger partial charge in [0.15, 0.2) is 0 Å². The number of likely N-dealkylation sites (tertiary alicyclic amines) is 1. The number of nitrogens with zero attached hydrogens (tertiary/aromatic N) is 2. The molecule has 132 valence electrons. The largest absolute Gasteiger partial charge is 0.382 e. The number of nitrogens with one attached hydrogen (secondary N) is 1. The Bertz CT molecular complexity index is 529. The Balaban J connectivity index is 1.56. The summed E-state index contributed by atoms with van der Waals surface area (Å²) in [6, 6.07) is 9.35. The minimum absolute atomic E-state index is 0.289. The van der Waals surface area contributed by atoms with Crippen LogP contribution >= 0.6 is 0 Å². The van der Waals surface area contributed by atoms with E-state index in [1.807, 2.05) is 11.8 Å². The number of hydrogen-bond donors (Lipinski definition) is 1. The monoisotopic (exact) mass is 329 g/mol. The van der Waals surface area contributed by atoms with Crippen LogP contribution in [0.2, 0.25) is 0 Å². The summed E-state index contributed by atoms with van der Waals surface area (Å²) in [5, 5.41) is 3.69. The molecule has 4 heteroatoms. The van der Waals surface area contributed by atoms with Gasteiger partial charge >= 0.3 is 0 Å². The van der Waals surface area contributed by atoms with Gasteiger partial charge in [-0.3, -0.25) is 4.79 Å². The van der Waals surface area contributed by atoms with E-state index in [1.54, 1.807) is 0 Å². The molecule has 0 spiro atoms. The molecule has 1 aromatic carbocycles. The zero-order valence-corrected chi connectivity index (χ0v) is 15.0. The summed E-state index contributed by atoms with van der Waals surface area (Å²) >= 11 is 0. The van der Waals surface area contributed by atoms with Crippen LogP contribution in [0, 0.1) is 0 Å². The van der Waals surface area contributed by atoms with E-state index < -0.39 is 0 Å². The molecule has 3 rings (SSSR count). The van der Waals surface area contributed by atoms with Crippen LogP contribution in [0.4, 0.5) is 11.4 Å². The molecular weight excluding hydrogens is 298 g/mol. The zero-order valence-electron chi connectivity index (χ0n) is 15.0. The second-order valence-corrected chi connectivity index (χ2v) is 7.10. The maximum Gasteiger partial charge on any atom is 0.222 e. The molecule has 4 nitrogen and oxygen atoms in total. The maximum atomic E-state index is 11.8. The molecule has 2 fully saturated rings. The molecule has 0 atom stereocenters. The third-order valence-electron chi connectivity index (χ3n) is 5.34. The highest BCUT2D eigenvalue weighted by atomic mass is 16.2. The third kappa shape index (κ3) is 4.43. The zero-order chi connectivity index (χ0) is 16.8. The van der Waals surface area contributed by atoms with Crippen LogP contribution in [0.15, 0.2) is 24.3 Å². The third-order valence-corrected chi connectivity index (χ3v) is 5.34. The quantitative estimate of drug-likeness (QED) is 0.910. The van der Waals surface area contributed by atoms with Crippen LogP contribution in [0.1, 0.15) is 51.9 Å². The molecule has 0 radical (unpaired) electrons. The molecule has 2 aliphatic rings. The van der Waals surface area contributed by atoms with Gasteiger partial charge in [-0.05, 0) is 43.9 Å². The number of piperidine rings is 1. The molecule has 24 heavy (non-hydrogen) atoms. The summed E-state index contributed by atoms with van der Waals surface area (Å²) in [5.74, 6) is 0.289. The van der Waals surface area contributed by atoms with Crippen LogP contribution < -0.4 is 10.2 Å². The second-order valence-electron chi connectivity index (χ2n) is 7.10. The lowest BCUT2D eigenvalue weighted by Crippen LogP contribution is -2.42. The Labute approximate surface area is 146 Å². The van der Waals surface area contributed by atoms with Gasteiger partial charge < -0.3 is 15.1 Å². The first kappa shape index (κ1) is 17.1. The summed E-state index contributed by atoms with van der Waals surface area (Å²) < 4.78 is 0. The molecule has 0 bridgehead atoms. The van der Waals surface area contributed by atoms with Crippen LogP contribution in [-0.4, -0.2) is 43.0 Å². The van der Waals surface area contributed by atoms with E-state index in [9.17, 15) is 4.79 Å². The van der Waals surface area contributed by atoms with Crippen molar-refractivity contribution in [3.8, 4) is 0 Å². The highest BCUT2D eigenvalue weighted by molar-refractivity contribution is 5.75. The van der Waals surface area contributed by atoms with Crippen molar-refractivity contribution in [1.29, 1.82) is 0 Å². The molecule has 0 saturated carbocycles. The number of hydrogen-bond acceptors (Lipinski definition) is 3. The van der Waals surface area contributed by atoms with Gasteiger partial charge in [0.25, 0.3) is 0 Å². The Morgan fingerprint density at radius 1 is 1.08 bits per heavy atom. The van der Waals surface area contributed by atoms with Crippen LogP contribution in [0.5, 0.6) is 0 Å². The van der Waals surface area contributed by atoms with E-state index in [0.29, 0.717) is 12.5 Å². The van der Waals surface area contributed by atoms with E-state index >= 15 is 0 Å². The van der Waals surface area contributed by atoms with Gasteiger partial charge in [-0.15, -0.1) is 0 Å². The van der Waals surface area contributed by atoms with Gasteiger partial charge in [0, 0.05) is 50.0 Å². The summed E-state index contributed by atoms with van der Waals surface area (Å²) in [6.07, 6.45) is 8.05. The summed E-state index contributed by atoms with van der Waals surface area (Å²) in [6.45, 7) is 6.08. The fourth-order valence-corrected chi connectivity index (χ4v) is 3.85. The van der Waals surface area contributed by atoms with Gasteiger partial charge in [0.05, 0.1) is 0 Å². The fraction of sp³-hybridized carbons (Fsp3) is 0.650. The topological polar surface area (TPSA) is 35.6 Å². The molecule has 0 unspecified atom stereocenters. The van der Waals surface area contributed by atoms with Crippen molar-refractivity contribution in [1.82, 2.24) is 4.90 Å². The summed E-state index contributed by atoms with van der Waals surface area (Å²) in [4.78, 5) is 16.3. The lowest BCUT2D eigenvalue weighted by Gasteiger charge is -2.33. The van der Waals surface area contributed by atoms with E-state index in [0.717, 1.165) is 25.9 Å². The van der Waals surface area contributed by atoms with Crippen LogP contribution in [-0.2, 0) is 4.79 Å². The first-order valence-corrected chi connectivity index (χ1v) is 9.65. The van der Waals surface area contributed by atoms with Crippen molar-refractivity contribution in [3.05, 3.63) is 24.3 Å². The van der Waals surface area contributed by atoms with Crippen molar-refractivity contribution in [2.24, 2.45) is 0 Å². The molecule has 1 N–H and O–H groups in total. The average molecular weight is 329 g/mol. The highest BCUT2D eigenvalue weighted by Gasteiger charge is 2.21. The van der Waals surface area contributed by atoms with E-state index in [2.05, 4.69) is 34.5 Å². The van der Waals surface area contributed by atoms with Crippen molar-refractivity contribution < 1.29 is 4.79 Å². The molecule has 0 aliphatic carbocycles. The smallest absolute Gasteiger partial charge is 0.222 e. The number of amides is 1. The lowest BCUT2D eigenvalue weighted by atomic mass is 10.0. The van der Waals surface area contributed by atoms with E-state index in [-0.39, 0.29) is 5.91 Å². The van der Waals surface area contributed by atoms with Gasteiger partial charge in [-0.2, -0.15) is 0 Å². The van der Waals surface area contributed by atoms with Crippen molar-refractivity contribution >= 4 is 17.3 Å². The van der Waals surface area contributed by atoms with E-state index in [4.69, 9.17) is 0 Å².